The first-order valence-electron chi connectivity index (χ1n) is 6.72. The van der Waals surface area contributed by atoms with Gasteiger partial charge in [0.15, 0.2) is 0 Å². The molecule has 1 aromatic carbocycles. The molecule has 1 aromatic rings. The van der Waals surface area contributed by atoms with Crippen LogP contribution in [0.5, 0.6) is 5.75 Å². The highest BCUT2D eigenvalue weighted by molar-refractivity contribution is 5.48. The van der Waals surface area contributed by atoms with Crippen LogP contribution in [-0.2, 0) is 10.2 Å². The monoisotopic (exact) mass is 259 g/mol. The van der Waals surface area contributed by atoms with E-state index in [0.717, 1.165) is 17.7 Å². The molecule has 3 nitrogen and oxygen atoms in total. The summed E-state index contributed by atoms with van der Waals surface area (Å²) < 4.78 is 11.0. The second-order valence-corrected chi connectivity index (χ2v) is 5.38. The van der Waals surface area contributed by atoms with Gasteiger partial charge < -0.3 is 9.47 Å². The molecule has 0 bridgehead atoms. The SMILES string of the molecule is CCC(C#N)C1(c2cc(C)c(C)cc2OC)COC1. The van der Waals surface area contributed by atoms with Crippen molar-refractivity contribution in [2.45, 2.75) is 32.6 Å². The van der Waals surface area contributed by atoms with Crippen LogP contribution in [0.2, 0.25) is 0 Å². The summed E-state index contributed by atoms with van der Waals surface area (Å²) in [7, 11) is 1.69. The first-order chi connectivity index (χ1) is 9.08. The van der Waals surface area contributed by atoms with Crippen molar-refractivity contribution in [1.29, 1.82) is 5.26 Å². The van der Waals surface area contributed by atoms with Crippen LogP contribution in [0.25, 0.3) is 0 Å². The highest BCUT2D eigenvalue weighted by Gasteiger charge is 2.48. The summed E-state index contributed by atoms with van der Waals surface area (Å²) in [5, 5.41) is 9.43. The lowest BCUT2D eigenvalue weighted by Crippen LogP contribution is -2.52. The normalized spacial score (nSPS) is 18.3. The molecule has 0 spiro atoms. The van der Waals surface area contributed by atoms with Crippen LogP contribution >= 0.6 is 0 Å². The Labute approximate surface area is 115 Å². The van der Waals surface area contributed by atoms with E-state index in [0.29, 0.717) is 13.2 Å². The maximum absolute atomic E-state index is 9.43. The van der Waals surface area contributed by atoms with E-state index < -0.39 is 0 Å². The number of rotatable bonds is 4. The van der Waals surface area contributed by atoms with Crippen molar-refractivity contribution in [3.05, 3.63) is 28.8 Å². The third-order valence-electron chi connectivity index (χ3n) is 4.30. The molecule has 0 aromatic heterocycles. The predicted octanol–water partition coefficient (Wildman–Crippen LogP) is 3.13. The van der Waals surface area contributed by atoms with Crippen molar-refractivity contribution in [1.82, 2.24) is 0 Å². The van der Waals surface area contributed by atoms with E-state index >= 15 is 0 Å². The molecular weight excluding hydrogens is 238 g/mol. The molecule has 1 atom stereocenters. The van der Waals surface area contributed by atoms with E-state index in [1.165, 1.54) is 11.1 Å². The quantitative estimate of drug-likeness (QED) is 0.834. The zero-order chi connectivity index (χ0) is 14.0. The molecule has 0 aliphatic carbocycles. The second kappa shape index (κ2) is 5.22. The van der Waals surface area contributed by atoms with Crippen LogP contribution in [0.1, 0.15) is 30.0 Å². The zero-order valence-corrected chi connectivity index (χ0v) is 12.1. The Morgan fingerprint density at radius 2 is 2.00 bits per heavy atom. The average molecular weight is 259 g/mol. The Bertz CT molecular complexity index is 512. The van der Waals surface area contributed by atoms with Crippen molar-refractivity contribution in [3.8, 4) is 11.8 Å². The minimum Gasteiger partial charge on any atom is -0.496 e. The summed E-state index contributed by atoms with van der Waals surface area (Å²) in [5.74, 6) is 0.845. The maximum atomic E-state index is 9.43. The van der Waals surface area contributed by atoms with Crippen LogP contribution in [0.15, 0.2) is 12.1 Å². The summed E-state index contributed by atoms with van der Waals surface area (Å²) in [6.07, 6.45) is 0.829. The Balaban J connectivity index is 2.55. The lowest BCUT2D eigenvalue weighted by Gasteiger charge is -2.45. The van der Waals surface area contributed by atoms with Crippen molar-refractivity contribution in [3.63, 3.8) is 0 Å². The fourth-order valence-corrected chi connectivity index (χ4v) is 2.82. The third-order valence-corrected chi connectivity index (χ3v) is 4.30. The van der Waals surface area contributed by atoms with Gasteiger partial charge in [0.25, 0.3) is 0 Å². The lowest BCUT2D eigenvalue weighted by molar-refractivity contribution is -0.0813. The fraction of sp³-hybridized carbons (Fsp3) is 0.562. The number of nitriles is 1. The van der Waals surface area contributed by atoms with E-state index in [2.05, 4.69) is 39.0 Å². The minimum absolute atomic E-state index is 0.0303. The van der Waals surface area contributed by atoms with Crippen LogP contribution < -0.4 is 4.74 Å². The summed E-state index contributed by atoms with van der Waals surface area (Å²) in [6.45, 7) is 7.45. The Kier molecular flexibility index (Phi) is 3.82. The van der Waals surface area contributed by atoms with Gasteiger partial charge in [-0.1, -0.05) is 13.0 Å². The van der Waals surface area contributed by atoms with Gasteiger partial charge in [-0.3, -0.25) is 0 Å². The number of aryl methyl sites for hydroxylation is 2. The van der Waals surface area contributed by atoms with Crippen LogP contribution in [0.3, 0.4) is 0 Å². The minimum atomic E-state index is -0.201. The van der Waals surface area contributed by atoms with E-state index in [1.54, 1.807) is 7.11 Å². The Morgan fingerprint density at radius 1 is 1.37 bits per heavy atom. The zero-order valence-electron chi connectivity index (χ0n) is 12.1. The molecule has 2 rings (SSSR count). The van der Waals surface area contributed by atoms with Gasteiger partial charge in [-0.15, -0.1) is 0 Å². The highest BCUT2D eigenvalue weighted by Crippen LogP contribution is 2.45. The van der Waals surface area contributed by atoms with E-state index in [1.807, 2.05) is 0 Å². The van der Waals surface area contributed by atoms with Gasteiger partial charge in [-0.2, -0.15) is 5.26 Å². The number of benzene rings is 1. The van der Waals surface area contributed by atoms with E-state index in [4.69, 9.17) is 9.47 Å². The molecule has 1 unspecified atom stereocenters. The number of hydrogen-bond acceptors (Lipinski definition) is 3. The summed E-state index contributed by atoms with van der Waals surface area (Å²) in [6, 6.07) is 6.67. The van der Waals surface area contributed by atoms with Gasteiger partial charge in [0.2, 0.25) is 0 Å². The van der Waals surface area contributed by atoms with Crippen LogP contribution in [-0.4, -0.2) is 20.3 Å². The van der Waals surface area contributed by atoms with Gasteiger partial charge in [0, 0.05) is 5.56 Å². The molecule has 0 N–H and O–H groups in total. The van der Waals surface area contributed by atoms with Crippen molar-refractivity contribution in [2.24, 2.45) is 5.92 Å². The molecule has 1 heterocycles. The predicted molar refractivity (Wildman–Crippen MR) is 74.4 cm³/mol. The summed E-state index contributed by atoms with van der Waals surface area (Å²) >= 11 is 0. The Morgan fingerprint density at radius 3 is 2.42 bits per heavy atom. The van der Waals surface area contributed by atoms with E-state index in [-0.39, 0.29) is 11.3 Å². The van der Waals surface area contributed by atoms with Gasteiger partial charge in [0.05, 0.1) is 37.7 Å². The first kappa shape index (κ1) is 13.9. The second-order valence-electron chi connectivity index (χ2n) is 5.38. The van der Waals surface area contributed by atoms with E-state index in [9.17, 15) is 5.26 Å². The molecular formula is C16H21NO2. The molecule has 1 saturated heterocycles. The van der Waals surface area contributed by atoms with Crippen LogP contribution in [0, 0.1) is 31.1 Å². The molecule has 0 saturated carbocycles. The van der Waals surface area contributed by atoms with Gasteiger partial charge >= 0.3 is 0 Å². The number of hydrogen-bond donors (Lipinski definition) is 0. The van der Waals surface area contributed by atoms with Crippen LogP contribution in [0.4, 0.5) is 0 Å². The number of nitrogens with zero attached hydrogens (tertiary/aromatic N) is 1. The Hall–Kier alpha value is -1.53. The third kappa shape index (κ3) is 2.11. The molecule has 1 aliphatic rings. The molecule has 1 aliphatic heterocycles. The van der Waals surface area contributed by atoms with Gasteiger partial charge in [-0.25, -0.2) is 0 Å². The molecule has 0 radical (unpaired) electrons. The fourth-order valence-electron chi connectivity index (χ4n) is 2.82. The van der Waals surface area contributed by atoms with Crippen molar-refractivity contribution in [2.75, 3.05) is 20.3 Å². The van der Waals surface area contributed by atoms with Gasteiger partial charge in [0.1, 0.15) is 5.75 Å². The average Bonchev–Trinajstić information content (AvgIpc) is 2.36. The topological polar surface area (TPSA) is 42.2 Å². The standard InChI is InChI=1S/C16H21NO2/c1-5-13(8-17)16(9-19-10-16)14-6-11(2)12(3)7-15(14)18-4/h6-7,13H,5,9-10H2,1-4H3. The summed E-state index contributed by atoms with van der Waals surface area (Å²) in [5.41, 5.74) is 3.36. The highest BCUT2D eigenvalue weighted by atomic mass is 16.5. The van der Waals surface area contributed by atoms with Crippen molar-refractivity contribution < 1.29 is 9.47 Å². The van der Waals surface area contributed by atoms with Gasteiger partial charge in [-0.05, 0) is 37.5 Å². The molecule has 0 amide bonds. The molecule has 19 heavy (non-hydrogen) atoms. The molecule has 102 valence electrons. The molecule has 1 fully saturated rings. The number of ether oxygens (including phenoxy) is 2. The first-order valence-corrected chi connectivity index (χ1v) is 6.72. The lowest BCUT2D eigenvalue weighted by atomic mass is 9.67. The maximum Gasteiger partial charge on any atom is 0.123 e. The largest absolute Gasteiger partial charge is 0.496 e. The summed E-state index contributed by atoms with van der Waals surface area (Å²) in [4.78, 5) is 0. The number of methoxy groups -OCH3 is 1. The van der Waals surface area contributed by atoms with Crippen molar-refractivity contribution >= 4 is 0 Å². The smallest absolute Gasteiger partial charge is 0.123 e. The molecule has 3 heteroatoms.